The summed E-state index contributed by atoms with van der Waals surface area (Å²) in [6.45, 7) is 0. The predicted octanol–water partition coefficient (Wildman–Crippen LogP) is 2.54. The number of hydrogen-bond donors (Lipinski definition) is 1. The molecule has 7 heteroatoms. The fraction of sp³-hybridized carbons (Fsp3) is 0.389. The number of phenols is 1. The van der Waals surface area contributed by atoms with Crippen LogP contribution in [0.1, 0.15) is 18.4 Å². The molecule has 25 heavy (non-hydrogen) atoms. The van der Waals surface area contributed by atoms with Gasteiger partial charge in [0.2, 0.25) is 0 Å². The zero-order valence-corrected chi connectivity index (χ0v) is 15.7. The minimum atomic E-state index is -0.261. The summed E-state index contributed by atoms with van der Waals surface area (Å²) >= 11 is 1.99. The first-order valence-electron chi connectivity index (χ1n) is 8.18. The second-order valence-electron chi connectivity index (χ2n) is 6.63. The molecule has 1 aliphatic heterocycles. The number of methoxy groups -OCH3 is 1. The monoisotopic (exact) mass is 452 g/mol. The van der Waals surface area contributed by atoms with E-state index in [1.54, 1.807) is 12.1 Å². The van der Waals surface area contributed by atoms with Crippen LogP contribution in [-0.4, -0.2) is 35.3 Å². The number of allylic oxidation sites excluding steroid dienone is 2. The number of imide groups is 1. The molecule has 0 unspecified atom stereocenters. The molecule has 4 aliphatic rings. The number of fused-ring (bicyclic) bond motifs is 1. The van der Waals surface area contributed by atoms with E-state index < -0.39 is 0 Å². The number of rotatable bonds is 3. The summed E-state index contributed by atoms with van der Waals surface area (Å²) in [4.78, 5) is 25.4. The van der Waals surface area contributed by atoms with E-state index in [9.17, 15) is 14.7 Å². The number of benzene rings is 1. The van der Waals surface area contributed by atoms with Crippen molar-refractivity contribution in [3.05, 3.63) is 33.4 Å². The molecule has 3 aliphatic carbocycles. The SMILES string of the molecule is COc1cc(/C=N\N2C(=O)[C@@H]3[C@@H](C2=O)[C@@H]2C=C[C@@H]3CC2)cc(I)c1O. The first-order chi connectivity index (χ1) is 12.0. The number of halogens is 1. The van der Waals surface area contributed by atoms with Crippen molar-refractivity contribution in [3.8, 4) is 11.5 Å². The third-order valence-electron chi connectivity index (χ3n) is 5.33. The second kappa shape index (κ2) is 6.12. The molecule has 1 aromatic rings. The van der Waals surface area contributed by atoms with Gasteiger partial charge in [-0.3, -0.25) is 9.59 Å². The average molecular weight is 452 g/mol. The zero-order chi connectivity index (χ0) is 17.7. The van der Waals surface area contributed by atoms with E-state index in [1.807, 2.05) is 22.6 Å². The summed E-state index contributed by atoms with van der Waals surface area (Å²) in [7, 11) is 1.47. The third kappa shape index (κ3) is 2.56. The molecule has 4 atom stereocenters. The Morgan fingerprint density at radius 1 is 1.20 bits per heavy atom. The van der Waals surface area contributed by atoms with E-state index in [-0.39, 0.29) is 41.2 Å². The Morgan fingerprint density at radius 3 is 2.32 bits per heavy atom. The normalized spacial score (nSPS) is 30.4. The molecular formula is C18H17IN2O4. The van der Waals surface area contributed by atoms with E-state index in [0.717, 1.165) is 17.9 Å². The molecule has 0 radical (unpaired) electrons. The van der Waals surface area contributed by atoms with Crippen molar-refractivity contribution >= 4 is 40.6 Å². The lowest BCUT2D eigenvalue weighted by Crippen LogP contribution is -2.38. The van der Waals surface area contributed by atoms with Crippen molar-refractivity contribution in [2.24, 2.45) is 28.8 Å². The van der Waals surface area contributed by atoms with Crippen LogP contribution in [0.15, 0.2) is 29.4 Å². The number of ether oxygens (including phenoxy) is 1. The zero-order valence-electron chi connectivity index (χ0n) is 13.6. The summed E-state index contributed by atoms with van der Waals surface area (Å²) in [5.41, 5.74) is 0.649. The first-order valence-corrected chi connectivity index (χ1v) is 9.25. The molecule has 1 N–H and O–H groups in total. The van der Waals surface area contributed by atoms with Gasteiger partial charge in [-0.2, -0.15) is 10.1 Å². The number of aromatic hydroxyl groups is 1. The summed E-state index contributed by atoms with van der Waals surface area (Å²) in [5, 5.41) is 15.1. The molecule has 1 heterocycles. The average Bonchev–Trinajstić information content (AvgIpc) is 2.90. The summed E-state index contributed by atoms with van der Waals surface area (Å²) < 4.78 is 5.73. The van der Waals surface area contributed by atoms with Gasteiger partial charge in [-0.25, -0.2) is 0 Å². The molecule has 0 aromatic heterocycles. The van der Waals surface area contributed by atoms with E-state index >= 15 is 0 Å². The molecule has 1 saturated heterocycles. The number of carbonyl (C=O) groups is 2. The van der Waals surface area contributed by atoms with Crippen molar-refractivity contribution in [2.45, 2.75) is 12.8 Å². The predicted molar refractivity (Wildman–Crippen MR) is 99.2 cm³/mol. The lowest BCUT2D eigenvalue weighted by molar-refractivity contribution is -0.140. The van der Waals surface area contributed by atoms with Gasteiger partial charge in [-0.05, 0) is 65.0 Å². The van der Waals surface area contributed by atoms with Crippen molar-refractivity contribution in [2.75, 3.05) is 7.11 Å². The van der Waals surface area contributed by atoms with Crippen LogP contribution < -0.4 is 4.74 Å². The van der Waals surface area contributed by atoms with Gasteiger partial charge < -0.3 is 9.84 Å². The van der Waals surface area contributed by atoms with Gasteiger partial charge in [0.1, 0.15) is 0 Å². The maximum Gasteiger partial charge on any atom is 0.254 e. The van der Waals surface area contributed by atoms with Gasteiger partial charge in [0.15, 0.2) is 11.5 Å². The number of phenolic OH excluding ortho intramolecular Hbond substituents is 1. The Kier molecular flexibility index (Phi) is 4.05. The van der Waals surface area contributed by atoms with Crippen LogP contribution in [0.2, 0.25) is 0 Å². The molecule has 6 nitrogen and oxygen atoms in total. The Balaban J connectivity index is 1.62. The van der Waals surface area contributed by atoms with Crippen molar-refractivity contribution < 1.29 is 19.4 Å². The van der Waals surface area contributed by atoms with Crippen LogP contribution in [0.3, 0.4) is 0 Å². The van der Waals surface area contributed by atoms with Crippen LogP contribution in [0.5, 0.6) is 11.5 Å². The summed E-state index contributed by atoms with van der Waals surface area (Å²) in [5.74, 6) is -0.240. The number of hydrogen-bond acceptors (Lipinski definition) is 5. The highest BCUT2D eigenvalue weighted by atomic mass is 127. The molecule has 5 rings (SSSR count). The first kappa shape index (κ1) is 16.6. The van der Waals surface area contributed by atoms with Gasteiger partial charge in [0, 0.05) is 0 Å². The van der Waals surface area contributed by atoms with Gasteiger partial charge in [0.05, 0.1) is 28.7 Å². The molecule has 2 amide bonds. The lowest BCUT2D eigenvalue weighted by atomic mass is 9.63. The van der Waals surface area contributed by atoms with Crippen LogP contribution in [-0.2, 0) is 9.59 Å². The van der Waals surface area contributed by atoms with E-state index in [0.29, 0.717) is 14.9 Å². The van der Waals surface area contributed by atoms with Crippen LogP contribution in [0.4, 0.5) is 0 Å². The standard InChI is InChI=1S/C18H17IN2O4/c1-25-13-7-9(6-12(19)16(13)22)8-20-21-17(23)14-10-2-3-11(5-4-10)15(14)18(21)24/h2-3,6-8,10-11,14-15,22H,4-5H2,1H3/b20-8-/t10-,11-,14+,15+/m1/s1. The molecule has 2 bridgehead atoms. The van der Waals surface area contributed by atoms with Gasteiger partial charge in [-0.15, -0.1) is 0 Å². The Morgan fingerprint density at radius 2 is 1.80 bits per heavy atom. The maximum absolute atomic E-state index is 12.7. The van der Waals surface area contributed by atoms with Crippen LogP contribution >= 0.6 is 22.6 Å². The van der Waals surface area contributed by atoms with Crippen molar-refractivity contribution in [3.63, 3.8) is 0 Å². The Hall–Kier alpha value is -1.90. The molecule has 1 saturated carbocycles. The highest BCUT2D eigenvalue weighted by Crippen LogP contribution is 2.49. The summed E-state index contributed by atoms with van der Waals surface area (Å²) in [6, 6.07) is 3.33. The van der Waals surface area contributed by atoms with E-state index in [1.165, 1.54) is 13.3 Å². The van der Waals surface area contributed by atoms with Crippen LogP contribution in [0, 0.1) is 27.2 Å². The third-order valence-corrected chi connectivity index (χ3v) is 6.15. The minimum Gasteiger partial charge on any atom is -0.504 e. The molecule has 2 fully saturated rings. The molecule has 1 aromatic carbocycles. The number of amides is 2. The molecule has 0 spiro atoms. The number of hydrazone groups is 1. The van der Waals surface area contributed by atoms with Gasteiger partial charge in [-0.1, -0.05) is 12.2 Å². The largest absolute Gasteiger partial charge is 0.504 e. The van der Waals surface area contributed by atoms with Crippen molar-refractivity contribution in [1.29, 1.82) is 0 Å². The molecular weight excluding hydrogens is 435 g/mol. The van der Waals surface area contributed by atoms with Gasteiger partial charge >= 0.3 is 0 Å². The number of nitrogens with zero attached hydrogens (tertiary/aromatic N) is 2. The second-order valence-corrected chi connectivity index (χ2v) is 7.79. The fourth-order valence-electron chi connectivity index (χ4n) is 4.12. The minimum absolute atomic E-state index is 0.0576. The lowest BCUT2D eigenvalue weighted by Gasteiger charge is -2.37. The molecule has 130 valence electrons. The Bertz CT molecular complexity index is 788. The van der Waals surface area contributed by atoms with E-state index in [2.05, 4.69) is 17.3 Å². The summed E-state index contributed by atoms with van der Waals surface area (Å²) in [6.07, 6.45) is 7.56. The highest BCUT2D eigenvalue weighted by molar-refractivity contribution is 14.1. The van der Waals surface area contributed by atoms with Gasteiger partial charge in [0.25, 0.3) is 11.8 Å². The maximum atomic E-state index is 12.7. The van der Waals surface area contributed by atoms with E-state index in [4.69, 9.17) is 4.74 Å². The fourth-order valence-corrected chi connectivity index (χ4v) is 4.75. The highest BCUT2D eigenvalue weighted by Gasteiger charge is 2.56. The van der Waals surface area contributed by atoms with Crippen LogP contribution in [0.25, 0.3) is 0 Å². The Labute approximate surface area is 158 Å². The van der Waals surface area contributed by atoms with Crippen molar-refractivity contribution in [1.82, 2.24) is 5.01 Å². The topological polar surface area (TPSA) is 79.2 Å². The number of carbonyl (C=O) groups excluding carboxylic acids is 2. The quantitative estimate of drug-likeness (QED) is 0.331. The smallest absolute Gasteiger partial charge is 0.254 e.